The van der Waals surface area contributed by atoms with Gasteiger partial charge < -0.3 is 0 Å². The molecule has 1 rings (SSSR count). The van der Waals surface area contributed by atoms with Crippen LogP contribution in [0.3, 0.4) is 0 Å². The first kappa shape index (κ1) is 13.1. The van der Waals surface area contributed by atoms with E-state index in [1.54, 1.807) is 0 Å². The Hall–Kier alpha value is -2.00. The van der Waals surface area contributed by atoms with Gasteiger partial charge in [0.25, 0.3) is 0 Å². The predicted molar refractivity (Wildman–Crippen MR) is 75.6 cm³/mol. The highest BCUT2D eigenvalue weighted by molar-refractivity contribution is 5.50. The Bertz CT molecular complexity index is 502. The van der Waals surface area contributed by atoms with Crippen LogP contribution in [0.5, 0.6) is 0 Å². The molecule has 0 aromatic heterocycles. The molecular formula is C17H18. The topological polar surface area (TPSA) is 0 Å². The molecule has 0 nitrogen and oxygen atoms in total. The van der Waals surface area contributed by atoms with Crippen molar-refractivity contribution in [2.45, 2.75) is 20.8 Å². The van der Waals surface area contributed by atoms with Crippen molar-refractivity contribution in [1.82, 2.24) is 0 Å². The monoisotopic (exact) mass is 222 g/mol. The Morgan fingerprint density at radius 3 is 2.35 bits per heavy atom. The van der Waals surface area contributed by atoms with Crippen LogP contribution < -0.4 is 0 Å². The van der Waals surface area contributed by atoms with Gasteiger partial charge in [-0.1, -0.05) is 54.3 Å². The average molecular weight is 222 g/mol. The molecule has 0 amide bonds. The Morgan fingerprint density at radius 1 is 1.18 bits per heavy atom. The van der Waals surface area contributed by atoms with E-state index >= 15 is 0 Å². The van der Waals surface area contributed by atoms with Crippen molar-refractivity contribution in [1.29, 1.82) is 0 Å². The predicted octanol–water partition coefficient (Wildman–Crippen LogP) is 4.51. The molecule has 0 spiro atoms. The number of rotatable bonds is 2. The lowest BCUT2D eigenvalue weighted by atomic mass is 10.1. The molecule has 86 valence electrons. The van der Waals surface area contributed by atoms with Crippen molar-refractivity contribution in [2.75, 3.05) is 0 Å². The van der Waals surface area contributed by atoms with Crippen LogP contribution in [0.2, 0.25) is 0 Å². The molecule has 0 aliphatic rings. The quantitative estimate of drug-likeness (QED) is 0.510. The minimum Gasteiger partial charge on any atom is -0.0961 e. The summed E-state index contributed by atoms with van der Waals surface area (Å²) in [6.45, 7) is 9.93. The van der Waals surface area contributed by atoms with E-state index in [9.17, 15) is 0 Å². The maximum absolute atomic E-state index is 3.88. The van der Waals surface area contributed by atoms with E-state index in [1.807, 2.05) is 50.3 Å². The number of allylic oxidation sites excluding steroid dienone is 5. The zero-order valence-corrected chi connectivity index (χ0v) is 10.7. The molecule has 0 aliphatic heterocycles. The lowest BCUT2D eigenvalue weighted by Crippen LogP contribution is -1.83. The summed E-state index contributed by atoms with van der Waals surface area (Å²) < 4.78 is 0. The molecule has 0 unspecified atom stereocenters. The van der Waals surface area contributed by atoms with Crippen LogP contribution in [0, 0.1) is 11.8 Å². The van der Waals surface area contributed by atoms with Crippen molar-refractivity contribution in [3.05, 3.63) is 71.3 Å². The van der Waals surface area contributed by atoms with Crippen LogP contribution in [-0.4, -0.2) is 0 Å². The summed E-state index contributed by atoms with van der Waals surface area (Å²) in [7, 11) is 0. The molecule has 0 atom stereocenters. The van der Waals surface area contributed by atoms with Crippen LogP contribution in [0.1, 0.15) is 26.3 Å². The van der Waals surface area contributed by atoms with Gasteiger partial charge in [0, 0.05) is 11.1 Å². The molecule has 0 aliphatic carbocycles. The third-order valence-corrected chi connectivity index (χ3v) is 2.29. The fraction of sp³-hybridized carbons (Fsp3) is 0.176. The molecule has 0 N–H and O–H groups in total. The van der Waals surface area contributed by atoms with E-state index in [2.05, 4.69) is 31.4 Å². The van der Waals surface area contributed by atoms with Gasteiger partial charge in [0.1, 0.15) is 0 Å². The summed E-state index contributed by atoms with van der Waals surface area (Å²) in [5.41, 5.74) is 4.29. The molecule has 1 aromatic carbocycles. The van der Waals surface area contributed by atoms with Gasteiger partial charge in [-0.05, 0) is 38.5 Å². The lowest BCUT2D eigenvalue weighted by Gasteiger charge is -1.99. The van der Waals surface area contributed by atoms with Gasteiger partial charge in [-0.15, -0.1) is 0 Å². The summed E-state index contributed by atoms with van der Waals surface area (Å²) in [6, 6.07) is 10.0. The van der Waals surface area contributed by atoms with Crippen LogP contribution in [0.4, 0.5) is 0 Å². The van der Waals surface area contributed by atoms with Crippen molar-refractivity contribution in [3.8, 4) is 11.8 Å². The second-order valence-electron chi connectivity index (χ2n) is 3.99. The van der Waals surface area contributed by atoms with Gasteiger partial charge >= 0.3 is 0 Å². The van der Waals surface area contributed by atoms with Gasteiger partial charge in [0.15, 0.2) is 0 Å². The highest BCUT2D eigenvalue weighted by Gasteiger charge is 1.94. The number of hydrogen-bond donors (Lipinski definition) is 0. The van der Waals surface area contributed by atoms with Gasteiger partial charge in [0.2, 0.25) is 0 Å². The summed E-state index contributed by atoms with van der Waals surface area (Å²) in [5.74, 6) is 6.35. The van der Waals surface area contributed by atoms with Gasteiger partial charge in [-0.3, -0.25) is 0 Å². The van der Waals surface area contributed by atoms with Crippen molar-refractivity contribution in [3.63, 3.8) is 0 Å². The lowest BCUT2D eigenvalue weighted by molar-refractivity contribution is 1.39. The SMILES string of the molecule is C=C(C)/C=C(C)\C(C#Cc1ccccc1)=C/C. The second-order valence-corrected chi connectivity index (χ2v) is 3.99. The van der Waals surface area contributed by atoms with E-state index in [0.29, 0.717) is 0 Å². The van der Waals surface area contributed by atoms with Gasteiger partial charge in [-0.25, -0.2) is 0 Å². The molecular weight excluding hydrogens is 204 g/mol. The van der Waals surface area contributed by atoms with E-state index in [1.165, 1.54) is 0 Å². The molecule has 0 heterocycles. The number of benzene rings is 1. The molecule has 17 heavy (non-hydrogen) atoms. The Balaban J connectivity index is 2.94. The van der Waals surface area contributed by atoms with Crippen LogP contribution in [-0.2, 0) is 0 Å². The Labute approximate surface area is 104 Å². The fourth-order valence-corrected chi connectivity index (χ4v) is 1.51. The molecule has 0 heteroatoms. The zero-order valence-electron chi connectivity index (χ0n) is 10.7. The van der Waals surface area contributed by atoms with Crippen LogP contribution >= 0.6 is 0 Å². The number of hydrogen-bond acceptors (Lipinski definition) is 0. The highest BCUT2D eigenvalue weighted by Crippen LogP contribution is 2.10. The van der Waals surface area contributed by atoms with E-state index < -0.39 is 0 Å². The Kier molecular flexibility index (Phi) is 5.04. The smallest absolute Gasteiger partial charge is 0.0249 e. The maximum Gasteiger partial charge on any atom is 0.0249 e. The summed E-state index contributed by atoms with van der Waals surface area (Å²) >= 11 is 0. The summed E-state index contributed by atoms with van der Waals surface area (Å²) in [5, 5.41) is 0. The van der Waals surface area contributed by atoms with Gasteiger partial charge in [-0.2, -0.15) is 0 Å². The molecule has 0 saturated carbocycles. The summed E-state index contributed by atoms with van der Waals surface area (Å²) in [6.07, 6.45) is 4.08. The second kappa shape index (κ2) is 6.55. The van der Waals surface area contributed by atoms with E-state index in [0.717, 1.165) is 22.3 Å². The Morgan fingerprint density at radius 2 is 1.82 bits per heavy atom. The largest absolute Gasteiger partial charge is 0.0961 e. The van der Waals surface area contributed by atoms with Gasteiger partial charge in [0.05, 0.1) is 0 Å². The third-order valence-electron chi connectivity index (χ3n) is 2.29. The maximum atomic E-state index is 3.88. The first-order valence-corrected chi connectivity index (χ1v) is 5.71. The highest BCUT2D eigenvalue weighted by atomic mass is 14.0. The van der Waals surface area contributed by atoms with E-state index in [4.69, 9.17) is 0 Å². The zero-order chi connectivity index (χ0) is 12.7. The normalized spacial score (nSPS) is 11.7. The first-order chi connectivity index (χ1) is 8.13. The standard InChI is InChI=1S/C17H18/c1-5-17(15(4)13-14(2)3)12-11-16-9-7-6-8-10-16/h5-10,13H,2H2,1,3-4H3/b15-13-,17-5-. The molecule has 0 fully saturated rings. The van der Waals surface area contributed by atoms with Crippen LogP contribution in [0.15, 0.2) is 65.8 Å². The van der Waals surface area contributed by atoms with Crippen molar-refractivity contribution >= 4 is 0 Å². The average Bonchev–Trinajstić information content (AvgIpc) is 2.30. The van der Waals surface area contributed by atoms with Crippen LogP contribution in [0.25, 0.3) is 0 Å². The molecule has 0 saturated heterocycles. The molecule has 0 radical (unpaired) electrons. The van der Waals surface area contributed by atoms with Crippen molar-refractivity contribution < 1.29 is 0 Å². The van der Waals surface area contributed by atoms with E-state index in [-0.39, 0.29) is 0 Å². The summed E-state index contributed by atoms with van der Waals surface area (Å²) in [4.78, 5) is 0. The molecule has 0 bridgehead atoms. The fourth-order valence-electron chi connectivity index (χ4n) is 1.51. The molecule has 1 aromatic rings. The van der Waals surface area contributed by atoms with Crippen molar-refractivity contribution in [2.24, 2.45) is 0 Å². The minimum absolute atomic E-state index is 1.04. The third kappa shape index (κ3) is 4.57. The minimum atomic E-state index is 1.04. The first-order valence-electron chi connectivity index (χ1n) is 5.71.